The van der Waals surface area contributed by atoms with Gasteiger partial charge in [0.15, 0.2) is 5.78 Å². The number of phenols is 1. The minimum absolute atomic E-state index is 0.0239. The van der Waals surface area contributed by atoms with Gasteiger partial charge >= 0.3 is 0 Å². The van der Waals surface area contributed by atoms with Crippen LogP contribution in [-0.2, 0) is 20.7 Å². The van der Waals surface area contributed by atoms with E-state index in [9.17, 15) is 46.0 Å². The first-order valence-electron chi connectivity index (χ1n) is 28.1. The molecule has 8 aliphatic carbocycles. The van der Waals surface area contributed by atoms with Crippen molar-refractivity contribution >= 4 is 39.0 Å². The van der Waals surface area contributed by atoms with Crippen molar-refractivity contribution in [2.75, 3.05) is 30.4 Å². The Balaban J connectivity index is 1.09. The smallest absolute Gasteiger partial charge is 0.234 e. The fourth-order valence-corrected chi connectivity index (χ4v) is 23.7. The Kier molecular flexibility index (Phi) is 12.2. The second kappa shape index (κ2) is 17.2. The molecule has 15 heteroatoms. The van der Waals surface area contributed by atoms with Crippen LogP contribution in [0.3, 0.4) is 0 Å². The van der Waals surface area contributed by atoms with E-state index in [1.165, 1.54) is 10.8 Å². The van der Waals surface area contributed by atoms with Crippen LogP contribution in [0.5, 0.6) is 5.75 Å². The molecule has 5 heterocycles. The predicted molar refractivity (Wildman–Crippen MR) is 278 cm³/mol. The van der Waals surface area contributed by atoms with E-state index in [0.717, 1.165) is 22.8 Å². The van der Waals surface area contributed by atoms with Crippen LogP contribution in [0.1, 0.15) is 136 Å². The Hall–Kier alpha value is -2.02. The number of nitrogens with zero attached hydrogens (tertiary/aromatic N) is 1. The van der Waals surface area contributed by atoms with Crippen molar-refractivity contribution in [1.29, 1.82) is 0 Å². The number of ether oxygens (including phenoxy) is 1. The fourth-order valence-electron chi connectivity index (χ4n) is 20.7. The van der Waals surface area contributed by atoms with Crippen LogP contribution in [0.25, 0.3) is 0 Å². The van der Waals surface area contributed by atoms with Crippen LogP contribution >= 0.6 is 21.6 Å². The molecule has 8 bridgehead atoms. The summed E-state index contributed by atoms with van der Waals surface area (Å²) in [7, 11) is 2.54. The Morgan fingerprint density at radius 2 is 1.66 bits per heavy atom. The molecule has 19 atom stereocenters. The van der Waals surface area contributed by atoms with Gasteiger partial charge in [-0.1, -0.05) is 87.1 Å². The molecule has 9 N–H and O–H groups in total. The SMILES string of the molecule is CC(C)[C@@H](C)[C@@H]1O[C@H]1[C@@]1(O)CC=C[C@@H]2C[C@H]3C4=CC(=O)[C@@]5(C[C@@H](O)[C@](O)(CO)C6(CCCC6)[C@]35C)[C@H](O)SSC[C@H]3CCC[C@@H](CO)[C@]35C(=O)N(C[C@]53CCC[C@H]3O)c3cc(O)cc(c3)CC[C@]23[C@@H]1CC[C@@]43O. The van der Waals surface area contributed by atoms with Gasteiger partial charge in [-0.15, -0.1) is 0 Å². The molecule has 1 aromatic carbocycles. The number of allylic oxidation sites excluding steroid dienone is 2. The summed E-state index contributed by atoms with van der Waals surface area (Å²) in [6, 6.07) is 5.31. The van der Waals surface area contributed by atoms with E-state index in [4.69, 9.17) is 4.74 Å². The lowest BCUT2D eigenvalue weighted by atomic mass is 9.31. The average Bonchev–Trinajstić information content (AvgIpc) is 3.57. The van der Waals surface area contributed by atoms with Crippen LogP contribution in [-0.4, -0.2) is 130 Å². The number of hydrogen-bond donors (Lipinski definition) is 9. The third kappa shape index (κ3) is 6.17. The first kappa shape index (κ1) is 51.7. The highest BCUT2D eigenvalue weighted by molar-refractivity contribution is 8.76. The molecule has 6 saturated carbocycles. The number of phenolic OH excluding ortho intramolecular Hbond substituents is 1. The lowest BCUT2D eigenvalue weighted by molar-refractivity contribution is -0.309. The zero-order valence-electron chi connectivity index (χ0n) is 43.3. The number of amides is 1. The summed E-state index contributed by atoms with van der Waals surface area (Å²) in [5.41, 5.74) is -12.2. The third-order valence-corrected chi connectivity index (χ3v) is 26.9. The molecular weight excluding hydrogens is 967 g/mol. The van der Waals surface area contributed by atoms with Gasteiger partial charge in [0.1, 0.15) is 28.5 Å². The number of rotatable bonds is 5. The summed E-state index contributed by atoms with van der Waals surface area (Å²) in [5, 5.41) is 114. The van der Waals surface area contributed by atoms with E-state index < -0.39 is 109 Å². The van der Waals surface area contributed by atoms with E-state index in [1.54, 1.807) is 23.1 Å². The number of aryl methyl sites for hydroxylation is 1. The number of aliphatic hydroxyl groups excluding tert-OH is 5. The van der Waals surface area contributed by atoms with Gasteiger partial charge in [-0.2, -0.15) is 0 Å². The number of carbonyl (C=O) groups excluding carboxylic acids is 2. The number of carbonyl (C=O) groups is 2. The second-order valence-corrected chi connectivity index (χ2v) is 28.8. The number of ketones is 1. The summed E-state index contributed by atoms with van der Waals surface area (Å²) in [6.07, 6.45) is 10.4. The van der Waals surface area contributed by atoms with Crippen LogP contribution in [0.2, 0.25) is 0 Å². The topological polar surface area (TPSA) is 232 Å². The molecule has 13 nitrogen and oxygen atoms in total. The number of fused-ring (bicyclic) bond motifs is 1. The van der Waals surface area contributed by atoms with Gasteiger partial charge in [-0.3, -0.25) is 9.59 Å². The zero-order valence-corrected chi connectivity index (χ0v) is 44.9. The molecule has 0 aromatic heterocycles. The van der Waals surface area contributed by atoms with Gasteiger partial charge in [0.25, 0.3) is 0 Å². The standard InChI is InChI=1S/C58H81NO12S2/c1-32(2)33(3)46-47(71-46)55(68)19-8-12-35-24-40-41-26-44(64)54(27-45(65)57(70,31-61)52(50(40,54)4)17-5-6-18-52)49(67)73-72-29-37-11-7-10-36(28-60)58(37)48(66)59(30-51(58)16-9-13-43(51)63)38-22-34(23-39(62)25-38)14-20-53(35)42(55)15-21-56(41,53)69/h8,12,22-23,25-26,32-33,35-37,40,42-43,45-47,49,60-63,65,67-70H,5-7,9-11,13-21,24,27-31H2,1-4H3/t33-,35-,36+,37-,40+,42+,43-,45-,46+,47-,49-,50+,51+,53-,54+,55-,56-,57-,58-/m1/s1. The number of benzene rings is 1. The number of anilines is 1. The van der Waals surface area contributed by atoms with Gasteiger partial charge in [-0.05, 0) is 154 Å². The monoisotopic (exact) mass is 1050 g/mol. The molecule has 14 rings (SSSR count). The first-order valence-corrected chi connectivity index (χ1v) is 30.5. The summed E-state index contributed by atoms with van der Waals surface area (Å²) in [5.74, 6) is -2.12. The normalized spacial score (nSPS) is 50.1. The van der Waals surface area contributed by atoms with Crippen molar-refractivity contribution in [2.45, 2.75) is 184 Å². The maximum atomic E-state index is 16.2. The zero-order chi connectivity index (χ0) is 51.7. The van der Waals surface area contributed by atoms with Gasteiger partial charge in [0.2, 0.25) is 5.91 Å². The Morgan fingerprint density at radius 3 is 2.36 bits per heavy atom. The molecule has 5 aliphatic heterocycles. The summed E-state index contributed by atoms with van der Waals surface area (Å²) in [4.78, 5) is 33.9. The molecule has 0 radical (unpaired) electrons. The van der Waals surface area contributed by atoms with Crippen molar-refractivity contribution in [3.05, 3.63) is 47.6 Å². The lowest BCUT2D eigenvalue weighted by Gasteiger charge is -2.74. The highest BCUT2D eigenvalue weighted by atomic mass is 33.1. The predicted octanol–water partition coefficient (Wildman–Crippen LogP) is 6.38. The Bertz CT molecular complexity index is 2480. The Morgan fingerprint density at radius 1 is 0.890 bits per heavy atom. The van der Waals surface area contributed by atoms with Crippen molar-refractivity contribution in [2.24, 2.45) is 73.9 Å². The van der Waals surface area contributed by atoms with E-state index in [0.29, 0.717) is 113 Å². The number of aliphatic hydroxyl groups is 8. The van der Waals surface area contributed by atoms with Crippen LogP contribution in [0.4, 0.5) is 5.69 Å². The molecule has 0 unspecified atom stereocenters. The molecule has 73 heavy (non-hydrogen) atoms. The van der Waals surface area contributed by atoms with E-state index in [1.807, 2.05) is 13.0 Å². The minimum atomic E-state index is -2.04. The van der Waals surface area contributed by atoms with Gasteiger partial charge in [-0.25, -0.2) is 0 Å². The van der Waals surface area contributed by atoms with Gasteiger partial charge < -0.3 is 55.6 Å². The van der Waals surface area contributed by atoms with Crippen molar-refractivity contribution in [1.82, 2.24) is 0 Å². The molecule has 1 amide bonds. The largest absolute Gasteiger partial charge is 0.508 e. The van der Waals surface area contributed by atoms with Crippen molar-refractivity contribution in [3.63, 3.8) is 0 Å². The number of epoxide rings is 1. The Labute approximate surface area is 438 Å². The molecule has 2 saturated heterocycles. The molecule has 402 valence electrons. The van der Waals surface area contributed by atoms with Crippen molar-refractivity contribution < 1.29 is 60.3 Å². The number of aromatic hydroxyl groups is 1. The summed E-state index contributed by atoms with van der Waals surface area (Å²) < 4.78 is 6.56. The molecule has 5 spiro atoms. The molecule has 13 aliphatic rings. The van der Waals surface area contributed by atoms with E-state index >= 15 is 9.59 Å². The van der Waals surface area contributed by atoms with E-state index in [2.05, 4.69) is 32.9 Å². The van der Waals surface area contributed by atoms with Crippen LogP contribution in [0, 0.1) is 73.9 Å². The summed E-state index contributed by atoms with van der Waals surface area (Å²) >= 11 is 0. The van der Waals surface area contributed by atoms with Crippen molar-refractivity contribution in [3.8, 4) is 5.75 Å². The summed E-state index contributed by atoms with van der Waals surface area (Å²) in [6.45, 7) is 7.71. The van der Waals surface area contributed by atoms with Gasteiger partial charge in [0, 0.05) is 52.8 Å². The molecule has 1 aromatic rings. The first-order chi connectivity index (χ1) is 34.7. The quantitative estimate of drug-likeness (QED) is 0.0887. The van der Waals surface area contributed by atoms with Gasteiger partial charge in [0.05, 0.1) is 41.3 Å². The molecule has 8 fully saturated rings. The second-order valence-electron chi connectivity index (χ2n) is 26.3. The maximum Gasteiger partial charge on any atom is 0.234 e. The van der Waals surface area contributed by atoms with Crippen LogP contribution in [0.15, 0.2) is 42.0 Å². The minimum Gasteiger partial charge on any atom is -0.508 e. The highest BCUT2D eigenvalue weighted by Crippen LogP contribution is 2.81. The van der Waals surface area contributed by atoms with Crippen LogP contribution < -0.4 is 4.90 Å². The maximum absolute atomic E-state index is 16.2. The fraction of sp³-hybridized carbons (Fsp3) is 0.793. The average molecular weight is 1050 g/mol. The third-order valence-electron chi connectivity index (χ3n) is 24.3. The highest BCUT2D eigenvalue weighted by Gasteiger charge is 2.84. The van der Waals surface area contributed by atoms with E-state index in [-0.39, 0.29) is 55.6 Å². The molecular formula is C58H81NO12S2. The lowest BCUT2D eigenvalue weighted by Crippen LogP contribution is -2.79. The number of hydrogen-bond acceptors (Lipinski definition) is 14.